The summed E-state index contributed by atoms with van der Waals surface area (Å²) in [7, 11) is 0. The van der Waals surface area contributed by atoms with Crippen molar-refractivity contribution in [2.45, 2.75) is 77.4 Å². The molecule has 4 heteroatoms. The standard InChI is InChI=1S/C18H30O4/c1-4-5-6-7-8-9-10-11-12-18(3)14-15(2)16(21-22-18)13-17(19)20/h4-7,15-16H,8-14H2,1-3H3,(H,19,20). The fraction of sp³-hybridized carbons (Fsp3) is 0.722. The summed E-state index contributed by atoms with van der Waals surface area (Å²) >= 11 is 0. The van der Waals surface area contributed by atoms with E-state index in [1.807, 2.05) is 26.0 Å². The van der Waals surface area contributed by atoms with E-state index in [2.05, 4.69) is 19.1 Å². The summed E-state index contributed by atoms with van der Waals surface area (Å²) in [6.45, 7) is 6.12. The van der Waals surface area contributed by atoms with Gasteiger partial charge in [0.1, 0.15) is 11.7 Å². The van der Waals surface area contributed by atoms with E-state index in [0.29, 0.717) is 0 Å². The average Bonchev–Trinajstić information content (AvgIpc) is 2.45. The molecule has 0 spiro atoms. The van der Waals surface area contributed by atoms with Crippen LogP contribution in [0.4, 0.5) is 0 Å². The van der Waals surface area contributed by atoms with E-state index < -0.39 is 5.97 Å². The van der Waals surface area contributed by atoms with Crippen molar-refractivity contribution in [3.05, 3.63) is 24.3 Å². The second kappa shape index (κ2) is 9.80. The summed E-state index contributed by atoms with van der Waals surface area (Å²) in [6, 6.07) is 0. The molecule has 1 rings (SSSR count). The Kier molecular flexibility index (Phi) is 8.43. The highest BCUT2D eigenvalue weighted by molar-refractivity contribution is 5.67. The van der Waals surface area contributed by atoms with Gasteiger partial charge in [-0.15, -0.1) is 0 Å². The molecule has 3 atom stereocenters. The molecule has 1 heterocycles. The number of hydrogen-bond donors (Lipinski definition) is 1. The van der Waals surface area contributed by atoms with Crippen molar-refractivity contribution in [3.63, 3.8) is 0 Å². The molecule has 1 aliphatic heterocycles. The first kappa shape index (κ1) is 18.9. The minimum Gasteiger partial charge on any atom is -0.481 e. The lowest BCUT2D eigenvalue weighted by Crippen LogP contribution is -2.43. The molecule has 1 fully saturated rings. The number of rotatable bonds is 9. The molecule has 1 saturated heterocycles. The van der Waals surface area contributed by atoms with Gasteiger partial charge < -0.3 is 5.11 Å². The van der Waals surface area contributed by atoms with Crippen LogP contribution in [0.15, 0.2) is 24.3 Å². The topological polar surface area (TPSA) is 55.8 Å². The lowest BCUT2D eigenvalue weighted by atomic mass is 9.84. The van der Waals surface area contributed by atoms with Gasteiger partial charge in [0.25, 0.3) is 0 Å². The fourth-order valence-electron chi connectivity index (χ4n) is 2.89. The molecule has 0 bridgehead atoms. The minimum absolute atomic E-state index is 0.00971. The molecule has 1 aliphatic rings. The Hall–Kier alpha value is -1.13. The second-order valence-corrected chi connectivity index (χ2v) is 6.50. The third-order valence-electron chi connectivity index (χ3n) is 4.15. The third kappa shape index (κ3) is 7.23. The normalized spacial score (nSPS) is 29.4. The molecule has 126 valence electrons. The Morgan fingerprint density at radius 3 is 2.73 bits per heavy atom. The molecule has 0 aromatic carbocycles. The Balaban J connectivity index is 2.21. The maximum Gasteiger partial charge on any atom is 0.306 e. The van der Waals surface area contributed by atoms with Gasteiger partial charge in [-0.2, -0.15) is 0 Å². The minimum atomic E-state index is -0.838. The molecule has 1 N–H and O–H groups in total. The largest absolute Gasteiger partial charge is 0.481 e. The van der Waals surface area contributed by atoms with Crippen LogP contribution in [-0.2, 0) is 14.6 Å². The smallest absolute Gasteiger partial charge is 0.306 e. The van der Waals surface area contributed by atoms with E-state index in [0.717, 1.165) is 25.7 Å². The van der Waals surface area contributed by atoms with E-state index >= 15 is 0 Å². The van der Waals surface area contributed by atoms with E-state index in [4.69, 9.17) is 14.9 Å². The summed E-state index contributed by atoms with van der Waals surface area (Å²) in [5.41, 5.74) is -0.283. The first-order chi connectivity index (χ1) is 10.5. The maximum atomic E-state index is 10.8. The monoisotopic (exact) mass is 310 g/mol. The lowest BCUT2D eigenvalue weighted by molar-refractivity contribution is -0.416. The Labute approximate surface area is 134 Å². The summed E-state index contributed by atoms with van der Waals surface area (Å²) in [4.78, 5) is 21.6. The molecule has 4 nitrogen and oxygen atoms in total. The van der Waals surface area contributed by atoms with Crippen LogP contribution in [-0.4, -0.2) is 22.8 Å². The van der Waals surface area contributed by atoms with E-state index in [-0.39, 0.29) is 24.0 Å². The molecular weight excluding hydrogens is 280 g/mol. The zero-order chi connectivity index (χ0) is 16.4. The quantitative estimate of drug-likeness (QED) is 0.382. The molecule has 0 aliphatic carbocycles. The Morgan fingerprint density at radius 1 is 1.32 bits per heavy atom. The predicted octanol–water partition coefficient (Wildman–Crippen LogP) is 4.66. The summed E-state index contributed by atoms with van der Waals surface area (Å²) < 4.78 is 0. The molecule has 0 aromatic rings. The highest BCUT2D eigenvalue weighted by atomic mass is 17.2. The number of unbranched alkanes of at least 4 members (excludes halogenated alkanes) is 3. The molecule has 22 heavy (non-hydrogen) atoms. The molecular formula is C18H30O4. The van der Waals surface area contributed by atoms with E-state index in [1.165, 1.54) is 12.8 Å². The summed E-state index contributed by atoms with van der Waals surface area (Å²) in [5, 5.41) is 8.85. The van der Waals surface area contributed by atoms with Crippen LogP contribution in [0.5, 0.6) is 0 Å². The number of hydrogen-bond acceptors (Lipinski definition) is 3. The van der Waals surface area contributed by atoms with Crippen molar-refractivity contribution in [2.24, 2.45) is 5.92 Å². The van der Waals surface area contributed by atoms with Crippen LogP contribution >= 0.6 is 0 Å². The Bertz CT molecular complexity index is 389. The van der Waals surface area contributed by atoms with E-state index in [1.54, 1.807) is 0 Å². The van der Waals surface area contributed by atoms with E-state index in [9.17, 15) is 4.79 Å². The first-order valence-electron chi connectivity index (χ1n) is 8.31. The lowest BCUT2D eigenvalue weighted by Gasteiger charge is -2.39. The van der Waals surface area contributed by atoms with Gasteiger partial charge in [0.2, 0.25) is 0 Å². The summed E-state index contributed by atoms with van der Waals surface area (Å²) in [6.07, 6.45) is 14.4. The zero-order valence-corrected chi connectivity index (χ0v) is 14.1. The van der Waals surface area contributed by atoms with Gasteiger partial charge in [0, 0.05) is 0 Å². The van der Waals surface area contributed by atoms with Crippen LogP contribution in [0.1, 0.15) is 65.7 Å². The van der Waals surface area contributed by atoms with Crippen LogP contribution in [0.3, 0.4) is 0 Å². The van der Waals surface area contributed by atoms with Crippen molar-refractivity contribution in [3.8, 4) is 0 Å². The van der Waals surface area contributed by atoms with Crippen LogP contribution < -0.4 is 0 Å². The van der Waals surface area contributed by atoms with Gasteiger partial charge in [0.05, 0.1) is 6.42 Å². The van der Waals surface area contributed by atoms with Gasteiger partial charge in [0.15, 0.2) is 0 Å². The second-order valence-electron chi connectivity index (χ2n) is 6.50. The predicted molar refractivity (Wildman–Crippen MR) is 87.4 cm³/mol. The van der Waals surface area contributed by atoms with Crippen molar-refractivity contribution in [1.29, 1.82) is 0 Å². The van der Waals surface area contributed by atoms with Crippen LogP contribution in [0.2, 0.25) is 0 Å². The summed E-state index contributed by atoms with van der Waals surface area (Å²) in [5.74, 6) is -0.631. The average molecular weight is 310 g/mol. The van der Waals surface area contributed by atoms with Crippen molar-refractivity contribution >= 4 is 5.97 Å². The van der Waals surface area contributed by atoms with Gasteiger partial charge >= 0.3 is 5.97 Å². The Morgan fingerprint density at radius 2 is 2.09 bits per heavy atom. The number of aliphatic carboxylic acids is 1. The maximum absolute atomic E-state index is 10.8. The van der Waals surface area contributed by atoms with Gasteiger partial charge in [-0.05, 0) is 45.4 Å². The SMILES string of the molecule is CC=CC=CCCCCCC1(C)CC(C)C(CC(=O)O)OO1. The molecule has 0 saturated carbocycles. The third-order valence-corrected chi connectivity index (χ3v) is 4.15. The van der Waals surface area contributed by atoms with Crippen molar-refractivity contribution < 1.29 is 19.7 Å². The number of carbonyl (C=O) groups is 1. The van der Waals surface area contributed by atoms with Crippen LogP contribution in [0, 0.1) is 5.92 Å². The molecule has 0 amide bonds. The highest BCUT2D eigenvalue weighted by Crippen LogP contribution is 2.35. The van der Waals surface area contributed by atoms with Crippen molar-refractivity contribution in [1.82, 2.24) is 0 Å². The number of carboxylic acids is 1. The highest BCUT2D eigenvalue weighted by Gasteiger charge is 2.38. The fourth-order valence-corrected chi connectivity index (χ4v) is 2.89. The van der Waals surface area contributed by atoms with Crippen molar-refractivity contribution in [2.75, 3.05) is 0 Å². The van der Waals surface area contributed by atoms with Gasteiger partial charge in [-0.1, -0.05) is 44.1 Å². The molecule has 3 unspecified atom stereocenters. The zero-order valence-electron chi connectivity index (χ0n) is 14.1. The number of carboxylic acid groups (broad SMARTS) is 1. The van der Waals surface area contributed by atoms with Crippen LogP contribution in [0.25, 0.3) is 0 Å². The first-order valence-corrected chi connectivity index (χ1v) is 8.31. The number of allylic oxidation sites excluding steroid dienone is 4. The molecule has 0 aromatic heterocycles. The van der Waals surface area contributed by atoms with Gasteiger partial charge in [-0.25, -0.2) is 9.78 Å². The van der Waals surface area contributed by atoms with Gasteiger partial charge in [-0.3, -0.25) is 4.79 Å². The molecule has 0 radical (unpaired) electrons.